The molecule has 0 saturated carbocycles. The van der Waals surface area contributed by atoms with Crippen molar-refractivity contribution in [3.05, 3.63) is 28.5 Å². The molecule has 5 nitrogen and oxygen atoms in total. The van der Waals surface area contributed by atoms with E-state index in [9.17, 15) is 9.90 Å². The van der Waals surface area contributed by atoms with Crippen molar-refractivity contribution in [2.45, 2.75) is 19.1 Å². The minimum absolute atomic E-state index is 0.229. The number of hydrogen-bond acceptors (Lipinski definition) is 5. The molecule has 1 aromatic heterocycles. The standard InChI is InChI=1S/C10H13BrN2O3/c1-2-16-10(15)8(12)9(14)7-4-3-6(11)5-13-7/h3-5,8-9,14H,2,12H2,1H3. The summed E-state index contributed by atoms with van der Waals surface area (Å²) in [6.07, 6.45) is 0.364. The highest BCUT2D eigenvalue weighted by molar-refractivity contribution is 9.10. The Hall–Kier alpha value is -0.980. The van der Waals surface area contributed by atoms with Gasteiger partial charge in [-0.3, -0.25) is 9.78 Å². The lowest BCUT2D eigenvalue weighted by Gasteiger charge is -2.16. The molecule has 0 bridgehead atoms. The number of carbonyl (C=O) groups is 1. The van der Waals surface area contributed by atoms with Crippen LogP contribution in [0.3, 0.4) is 0 Å². The second-order valence-corrected chi connectivity index (χ2v) is 4.04. The average Bonchev–Trinajstić information content (AvgIpc) is 2.28. The third-order valence-electron chi connectivity index (χ3n) is 1.95. The van der Waals surface area contributed by atoms with Gasteiger partial charge in [0.2, 0.25) is 0 Å². The highest BCUT2D eigenvalue weighted by Gasteiger charge is 2.26. The second-order valence-electron chi connectivity index (χ2n) is 3.12. The molecular weight excluding hydrogens is 276 g/mol. The number of pyridine rings is 1. The van der Waals surface area contributed by atoms with Crippen LogP contribution in [0.5, 0.6) is 0 Å². The maximum Gasteiger partial charge on any atom is 0.326 e. The Labute approximate surface area is 102 Å². The molecule has 0 aliphatic carbocycles. The summed E-state index contributed by atoms with van der Waals surface area (Å²) in [7, 11) is 0. The van der Waals surface area contributed by atoms with Gasteiger partial charge in [-0.1, -0.05) is 0 Å². The lowest BCUT2D eigenvalue weighted by Crippen LogP contribution is -2.38. The van der Waals surface area contributed by atoms with Crippen molar-refractivity contribution >= 4 is 21.9 Å². The zero-order valence-corrected chi connectivity index (χ0v) is 10.3. The SMILES string of the molecule is CCOC(=O)C(N)C(O)c1ccc(Br)cn1. The van der Waals surface area contributed by atoms with Crippen LogP contribution in [0.2, 0.25) is 0 Å². The molecule has 1 aromatic rings. The van der Waals surface area contributed by atoms with Gasteiger partial charge in [0, 0.05) is 10.7 Å². The molecule has 0 aromatic carbocycles. The van der Waals surface area contributed by atoms with Crippen molar-refractivity contribution in [2.75, 3.05) is 6.61 Å². The first kappa shape index (κ1) is 13.1. The number of rotatable bonds is 4. The summed E-state index contributed by atoms with van der Waals surface area (Å²) in [5, 5.41) is 9.77. The maximum atomic E-state index is 11.3. The van der Waals surface area contributed by atoms with E-state index in [4.69, 9.17) is 10.5 Å². The molecule has 2 atom stereocenters. The number of carbonyl (C=O) groups excluding carboxylic acids is 1. The van der Waals surface area contributed by atoms with Crippen LogP contribution < -0.4 is 5.73 Å². The molecular formula is C10H13BrN2O3. The average molecular weight is 289 g/mol. The van der Waals surface area contributed by atoms with E-state index in [0.717, 1.165) is 4.47 Å². The van der Waals surface area contributed by atoms with Gasteiger partial charge in [0.15, 0.2) is 0 Å². The number of hydrogen-bond donors (Lipinski definition) is 2. The van der Waals surface area contributed by atoms with Crippen LogP contribution in [0.4, 0.5) is 0 Å². The van der Waals surface area contributed by atoms with Crippen LogP contribution >= 0.6 is 15.9 Å². The number of aliphatic hydroxyl groups is 1. The number of aromatic nitrogens is 1. The Kier molecular flexibility index (Phi) is 4.85. The van der Waals surface area contributed by atoms with Gasteiger partial charge in [-0.25, -0.2) is 0 Å². The van der Waals surface area contributed by atoms with Crippen molar-refractivity contribution in [3.8, 4) is 0 Å². The van der Waals surface area contributed by atoms with Gasteiger partial charge < -0.3 is 15.6 Å². The molecule has 0 radical (unpaired) electrons. The summed E-state index contributed by atoms with van der Waals surface area (Å²) in [6, 6.07) is 2.19. The third kappa shape index (κ3) is 3.26. The van der Waals surface area contributed by atoms with E-state index >= 15 is 0 Å². The van der Waals surface area contributed by atoms with E-state index in [1.54, 1.807) is 19.1 Å². The minimum atomic E-state index is -1.16. The topological polar surface area (TPSA) is 85.4 Å². The number of esters is 1. The predicted octanol–water partition coefficient (Wildman–Crippen LogP) is 0.768. The normalized spacial score (nSPS) is 14.2. The third-order valence-corrected chi connectivity index (χ3v) is 2.42. The Balaban J connectivity index is 2.73. The maximum absolute atomic E-state index is 11.3. The van der Waals surface area contributed by atoms with Gasteiger partial charge in [0.1, 0.15) is 12.1 Å². The lowest BCUT2D eigenvalue weighted by atomic mass is 10.1. The van der Waals surface area contributed by atoms with Crippen molar-refractivity contribution in [1.82, 2.24) is 4.98 Å². The van der Waals surface area contributed by atoms with Gasteiger partial charge >= 0.3 is 5.97 Å². The summed E-state index contributed by atoms with van der Waals surface area (Å²) in [5.74, 6) is -0.639. The Morgan fingerprint density at radius 1 is 1.69 bits per heavy atom. The highest BCUT2D eigenvalue weighted by Crippen LogP contribution is 2.16. The minimum Gasteiger partial charge on any atom is -0.465 e. The van der Waals surface area contributed by atoms with E-state index in [1.165, 1.54) is 6.20 Å². The Morgan fingerprint density at radius 2 is 2.38 bits per heavy atom. The molecule has 0 spiro atoms. The molecule has 1 heterocycles. The van der Waals surface area contributed by atoms with Crippen LogP contribution in [-0.4, -0.2) is 28.7 Å². The molecule has 1 rings (SSSR count). The molecule has 0 aliphatic rings. The van der Waals surface area contributed by atoms with Gasteiger partial charge in [-0.2, -0.15) is 0 Å². The largest absolute Gasteiger partial charge is 0.465 e. The number of nitrogens with zero attached hydrogens (tertiary/aromatic N) is 1. The van der Waals surface area contributed by atoms with Gasteiger partial charge in [0.05, 0.1) is 12.3 Å². The van der Waals surface area contributed by atoms with Crippen molar-refractivity contribution in [3.63, 3.8) is 0 Å². The van der Waals surface area contributed by atoms with Crippen LogP contribution in [0, 0.1) is 0 Å². The van der Waals surface area contributed by atoms with E-state index in [1.807, 2.05) is 0 Å². The quantitative estimate of drug-likeness (QED) is 0.800. The zero-order chi connectivity index (χ0) is 12.1. The predicted molar refractivity (Wildman–Crippen MR) is 61.5 cm³/mol. The Morgan fingerprint density at radius 3 is 2.88 bits per heavy atom. The fraction of sp³-hybridized carbons (Fsp3) is 0.400. The van der Waals surface area contributed by atoms with Gasteiger partial charge in [-0.05, 0) is 35.0 Å². The first-order valence-electron chi connectivity index (χ1n) is 4.78. The first-order valence-corrected chi connectivity index (χ1v) is 5.57. The molecule has 0 amide bonds. The van der Waals surface area contributed by atoms with E-state index in [-0.39, 0.29) is 6.61 Å². The highest BCUT2D eigenvalue weighted by atomic mass is 79.9. The number of nitrogens with two attached hydrogens (primary N) is 1. The Bertz CT molecular complexity index is 356. The number of halogens is 1. The van der Waals surface area contributed by atoms with Crippen LogP contribution in [-0.2, 0) is 9.53 Å². The molecule has 16 heavy (non-hydrogen) atoms. The molecule has 3 N–H and O–H groups in total. The molecule has 0 aliphatic heterocycles. The van der Waals surface area contributed by atoms with Crippen LogP contribution in [0.1, 0.15) is 18.7 Å². The number of ether oxygens (including phenoxy) is 1. The molecule has 88 valence electrons. The summed E-state index contributed by atoms with van der Waals surface area (Å²) >= 11 is 3.22. The van der Waals surface area contributed by atoms with E-state index in [2.05, 4.69) is 20.9 Å². The fourth-order valence-corrected chi connectivity index (χ4v) is 1.35. The van der Waals surface area contributed by atoms with Crippen molar-refractivity contribution in [2.24, 2.45) is 5.73 Å². The molecule has 0 fully saturated rings. The van der Waals surface area contributed by atoms with Crippen molar-refractivity contribution in [1.29, 1.82) is 0 Å². The fourth-order valence-electron chi connectivity index (χ4n) is 1.11. The number of aliphatic hydroxyl groups excluding tert-OH is 1. The summed E-state index contributed by atoms with van der Waals surface area (Å²) in [5.41, 5.74) is 5.88. The smallest absolute Gasteiger partial charge is 0.326 e. The second kappa shape index (κ2) is 5.93. The van der Waals surface area contributed by atoms with E-state index < -0.39 is 18.1 Å². The summed E-state index contributed by atoms with van der Waals surface area (Å²) in [6.45, 7) is 1.90. The lowest BCUT2D eigenvalue weighted by molar-refractivity contribution is -0.147. The first-order chi connectivity index (χ1) is 7.56. The van der Waals surface area contributed by atoms with Crippen LogP contribution in [0.15, 0.2) is 22.8 Å². The van der Waals surface area contributed by atoms with Gasteiger partial charge in [-0.15, -0.1) is 0 Å². The summed E-state index contributed by atoms with van der Waals surface area (Å²) < 4.78 is 5.49. The van der Waals surface area contributed by atoms with Gasteiger partial charge in [0.25, 0.3) is 0 Å². The molecule has 2 unspecified atom stereocenters. The summed E-state index contributed by atoms with van der Waals surface area (Å²) in [4.78, 5) is 15.2. The van der Waals surface area contributed by atoms with Crippen molar-refractivity contribution < 1.29 is 14.6 Å². The van der Waals surface area contributed by atoms with Crippen LogP contribution in [0.25, 0.3) is 0 Å². The molecule has 0 saturated heterocycles. The monoisotopic (exact) mass is 288 g/mol. The molecule has 6 heteroatoms. The van der Waals surface area contributed by atoms with E-state index in [0.29, 0.717) is 5.69 Å². The zero-order valence-electron chi connectivity index (χ0n) is 8.76.